The van der Waals surface area contributed by atoms with Gasteiger partial charge in [-0.05, 0) is 59.9 Å². The van der Waals surface area contributed by atoms with Crippen LogP contribution in [0.3, 0.4) is 0 Å². The molecule has 1 rings (SSSR count). The highest BCUT2D eigenvalue weighted by Gasteiger charge is 2.05. The zero-order valence-electron chi connectivity index (χ0n) is 5.64. The van der Waals surface area contributed by atoms with Crippen LogP contribution in [-0.4, -0.2) is 6.08 Å². The summed E-state index contributed by atoms with van der Waals surface area (Å²) in [6, 6.07) is 3.51. The molecular formula is C7H2Br3NO. The molecule has 0 aliphatic heterocycles. The fourth-order valence-electron chi connectivity index (χ4n) is 0.651. The maximum atomic E-state index is 9.98. The Labute approximate surface area is 94.5 Å². The molecule has 0 heterocycles. The Bertz CT molecular complexity index is 358. The number of rotatable bonds is 1. The van der Waals surface area contributed by atoms with E-state index in [4.69, 9.17) is 0 Å². The van der Waals surface area contributed by atoms with Crippen LogP contribution in [0.5, 0.6) is 0 Å². The van der Waals surface area contributed by atoms with Gasteiger partial charge in [0.25, 0.3) is 0 Å². The Morgan fingerprint density at radius 2 is 1.83 bits per heavy atom. The first-order chi connectivity index (χ1) is 5.66. The van der Waals surface area contributed by atoms with Gasteiger partial charge in [0.05, 0.1) is 10.2 Å². The van der Waals surface area contributed by atoms with Crippen molar-refractivity contribution < 1.29 is 4.79 Å². The molecule has 0 aliphatic carbocycles. The van der Waals surface area contributed by atoms with E-state index in [1.54, 1.807) is 12.1 Å². The van der Waals surface area contributed by atoms with Crippen molar-refractivity contribution in [1.29, 1.82) is 0 Å². The van der Waals surface area contributed by atoms with Crippen LogP contribution >= 0.6 is 47.8 Å². The molecular weight excluding hydrogens is 354 g/mol. The predicted octanol–water partition coefficient (Wildman–Crippen LogP) is 3.94. The van der Waals surface area contributed by atoms with E-state index in [0.29, 0.717) is 5.69 Å². The molecule has 0 amide bonds. The van der Waals surface area contributed by atoms with Crippen LogP contribution < -0.4 is 0 Å². The van der Waals surface area contributed by atoms with Crippen LogP contribution in [0.2, 0.25) is 0 Å². The van der Waals surface area contributed by atoms with Gasteiger partial charge in [0.2, 0.25) is 6.08 Å². The average Bonchev–Trinajstić information content (AvgIpc) is 2.07. The van der Waals surface area contributed by atoms with Gasteiger partial charge in [-0.15, -0.1) is 0 Å². The van der Waals surface area contributed by atoms with Crippen LogP contribution in [0.4, 0.5) is 5.69 Å². The summed E-state index contributed by atoms with van der Waals surface area (Å²) < 4.78 is 2.47. The van der Waals surface area contributed by atoms with Gasteiger partial charge in [-0.3, -0.25) is 0 Å². The lowest BCUT2D eigenvalue weighted by Gasteiger charge is -2.00. The molecule has 0 saturated heterocycles. The molecule has 12 heavy (non-hydrogen) atoms. The Morgan fingerprint density at radius 1 is 1.17 bits per heavy atom. The van der Waals surface area contributed by atoms with Gasteiger partial charge in [0.15, 0.2) is 0 Å². The average molecular weight is 356 g/mol. The summed E-state index contributed by atoms with van der Waals surface area (Å²) in [5, 5.41) is 0. The Morgan fingerprint density at radius 3 is 2.42 bits per heavy atom. The lowest BCUT2D eigenvalue weighted by Crippen LogP contribution is -1.73. The molecule has 0 aliphatic rings. The third-order valence-corrected chi connectivity index (χ3v) is 4.53. The second kappa shape index (κ2) is 4.33. The molecule has 0 saturated carbocycles. The van der Waals surface area contributed by atoms with Crippen molar-refractivity contribution in [3.8, 4) is 0 Å². The van der Waals surface area contributed by atoms with Gasteiger partial charge in [0.1, 0.15) is 0 Å². The van der Waals surface area contributed by atoms with Crippen molar-refractivity contribution in [3.05, 3.63) is 25.6 Å². The normalized spacial score (nSPS) is 9.25. The molecule has 0 fully saturated rings. The lowest BCUT2D eigenvalue weighted by molar-refractivity contribution is 0.565. The van der Waals surface area contributed by atoms with E-state index in [1.807, 2.05) is 0 Å². The fraction of sp³-hybridized carbons (Fsp3) is 0. The molecule has 2 nitrogen and oxygen atoms in total. The number of hydrogen-bond acceptors (Lipinski definition) is 2. The van der Waals surface area contributed by atoms with Crippen molar-refractivity contribution in [1.82, 2.24) is 0 Å². The van der Waals surface area contributed by atoms with Crippen LogP contribution in [0, 0.1) is 0 Å². The molecule has 0 aromatic heterocycles. The van der Waals surface area contributed by atoms with Gasteiger partial charge in [-0.1, -0.05) is 0 Å². The topological polar surface area (TPSA) is 29.4 Å². The Kier molecular flexibility index (Phi) is 3.65. The first-order valence-corrected chi connectivity index (χ1v) is 5.26. The Hall–Kier alpha value is 0.0400. The van der Waals surface area contributed by atoms with Crippen LogP contribution in [0.15, 0.2) is 30.5 Å². The van der Waals surface area contributed by atoms with E-state index in [1.165, 1.54) is 6.08 Å². The van der Waals surface area contributed by atoms with Crippen molar-refractivity contribution in [2.45, 2.75) is 0 Å². The molecule has 62 valence electrons. The minimum Gasteiger partial charge on any atom is -0.211 e. The Balaban J connectivity index is 3.35. The van der Waals surface area contributed by atoms with Crippen molar-refractivity contribution in [2.75, 3.05) is 0 Å². The molecule has 5 heteroatoms. The minimum atomic E-state index is 0.556. The van der Waals surface area contributed by atoms with Crippen LogP contribution in [0.25, 0.3) is 0 Å². The van der Waals surface area contributed by atoms with E-state index in [0.717, 1.165) is 13.4 Å². The number of carbonyl (C=O) groups excluding carboxylic acids is 1. The number of hydrogen-bond donors (Lipinski definition) is 0. The molecule has 1 aromatic rings. The summed E-state index contributed by atoms with van der Waals surface area (Å²) in [6.45, 7) is 0. The van der Waals surface area contributed by atoms with E-state index in [2.05, 4.69) is 52.8 Å². The van der Waals surface area contributed by atoms with E-state index in [-0.39, 0.29) is 0 Å². The molecule has 0 spiro atoms. The minimum absolute atomic E-state index is 0.556. The molecule has 0 radical (unpaired) electrons. The summed E-state index contributed by atoms with van der Waals surface area (Å²) >= 11 is 9.91. The number of halogens is 3. The molecule has 0 bridgehead atoms. The second-order valence-corrected chi connectivity index (χ2v) is 4.34. The number of aliphatic imine (C=N–C) groups is 1. The zero-order chi connectivity index (χ0) is 9.14. The molecule has 0 atom stereocenters. The largest absolute Gasteiger partial charge is 0.240 e. The highest BCUT2D eigenvalue weighted by molar-refractivity contribution is 9.14. The standard InChI is InChI=1S/C7H2Br3NO/c8-4-1-2-5(11-3-12)7(10)6(4)9/h1-2H. The van der Waals surface area contributed by atoms with E-state index in [9.17, 15) is 4.79 Å². The van der Waals surface area contributed by atoms with Crippen LogP contribution in [0.1, 0.15) is 0 Å². The third-order valence-electron chi connectivity index (χ3n) is 1.18. The van der Waals surface area contributed by atoms with Gasteiger partial charge in [0, 0.05) is 8.95 Å². The molecule has 1 aromatic carbocycles. The summed E-state index contributed by atoms with van der Waals surface area (Å²) in [7, 11) is 0. The first kappa shape index (κ1) is 10.1. The monoisotopic (exact) mass is 353 g/mol. The lowest BCUT2D eigenvalue weighted by atomic mass is 10.3. The van der Waals surface area contributed by atoms with E-state index < -0.39 is 0 Å². The van der Waals surface area contributed by atoms with Crippen molar-refractivity contribution >= 4 is 59.6 Å². The van der Waals surface area contributed by atoms with E-state index >= 15 is 0 Å². The highest BCUT2D eigenvalue weighted by atomic mass is 79.9. The third kappa shape index (κ3) is 2.04. The predicted molar refractivity (Wildman–Crippen MR) is 57.3 cm³/mol. The summed E-state index contributed by atoms with van der Waals surface area (Å²) in [5.41, 5.74) is 0.556. The molecule has 0 N–H and O–H groups in total. The maximum Gasteiger partial charge on any atom is 0.240 e. The summed E-state index contributed by atoms with van der Waals surface area (Å²) in [4.78, 5) is 13.5. The van der Waals surface area contributed by atoms with Gasteiger partial charge in [-0.2, -0.15) is 4.99 Å². The summed E-state index contributed by atoms with van der Waals surface area (Å²) in [5.74, 6) is 0. The quantitative estimate of drug-likeness (QED) is 0.426. The smallest absolute Gasteiger partial charge is 0.211 e. The number of nitrogens with zero attached hydrogens (tertiary/aromatic N) is 1. The van der Waals surface area contributed by atoms with Crippen molar-refractivity contribution in [3.63, 3.8) is 0 Å². The highest BCUT2D eigenvalue weighted by Crippen LogP contribution is 2.37. The fourth-order valence-corrected chi connectivity index (χ4v) is 2.02. The maximum absolute atomic E-state index is 9.98. The zero-order valence-corrected chi connectivity index (χ0v) is 10.4. The number of isocyanates is 1. The molecule has 0 unspecified atom stereocenters. The van der Waals surface area contributed by atoms with Gasteiger partial charge in [-0.25, -0.2) is 4.79 Å². The van der Waals surface area contributed by atoms with Crippen LogP contribution in [-0.2, 0) is 4.79 Å². The number of benzene rings is 1. The van der Waals surface area contributed by atoms with Gasteiger partial charge >= 0.3 is 0 Å². The van der Waals surface area contributed by atoms with Gasteiger partial charge < -0.3 is 0 Å². The SMILES string of the molecule is O=C=Nc1ccc(Br)c(Br)c1Br. The first-order valence-electron chi connectivity index (χ1n) is 2.88. The second-order valence-electron chi connectivity index (χ2n) is 1.90. The summed E-state index contributed by atoms with van der Waals surface area (Å²) in [6.07, 6.45) is 1.48. The van der Waals surface area contributed by atoms with Crippen molar-refractivity contribution in [2.24, 2.45) is 4.99 Å².